The standard InChI is InChI=1S/C9H12ClNO/c1-3-7-4-8(11-10)6-9(5-7)12-2/h4-6,11H,3H2,1-2H3. The number of methoxy groups -OCH3 is 1. The summed E-state index contributed by atoms with van der Waals surface area (Å²) in [6.07, 6.45) is 0.975. The molecule has 0 bridgehead atoms. The molecule has 0 saturated heterocycles. The SMILES string of the molecule is CCc1cc(NCl)cc(OC)c1. The molecule has 1 aromatic carbocycles. The lowest BCUT2D eigenvalue weighted by Gasteiger charge is -2.05. The van der Waals surface area contributed by atoms with Crippen LogP contribution in [0.3, 0.4) is 0 Å². The van der Waals surface area contributed by atoms with Crippen molar-refractivity contribution < 1.29 is 4.74 Å². The van der Waals surface area contributed by atoms with Crippen molar-refractivity contribution in [1.29, 1.82) is 0 Å². The molecule has 0 radical (unpaired) electrons. The molecule has 1 rings (SSSR count). The summed E-state index contributed by atoms with van der Waals surface area (Å²) in [6.45, 7) is 2.09. The lowest BCUT2D eigenvalue weighted by Crippen LogP contribution is -1.89. The third kappa shape index (κ3) is 2.05. The van der Waals surface area contributed by atoms with Crippen molar-refractivity contribution in [3.8, 4) is 5.75 Å². The van der Waals surface area contributed by atoms with Gasteiger partial charge in [-0.2, -0.15) is 0 Å². The van der Waals surface area contributed by atoms with Gasteiger partial charge in [0.15, 0.2) is 0 Å². The number of nitrogens with one attached hydrogen (secondary N) is 1. The minimum atomic E-state index is 0.831. The highest BCUT2D eigenvalue weighted by molar-refractivity contribution is 6.24. The van der Waals surface area contributed by atoms with E-state index in [0.717, 1.165) is 17.9 Å². The van der Waals surface area contributed by atoms with E-state index in [9.17, 15) is 0 Å². The van der Waals surface area contributed by atoms with Crippen molar-refractivity contribution in [3.63, 3.8) is 0 Å². The predicted molar refractivity (Wildman–Crippen MR) is 51.8 cm³/mol. The highest BCUT2D eigenvalue weighted by atomic mass is 35.5. The average molecular weight is 186 g/mol. The van der Waals surface area contributed by atoms with Crippen molar-refractivity contribution >= 4 is 17.5 Å². The van der Waals surface area contributed by atoms with Crippen molar-refractivity contribution in [2.45, 2.75) is 13.3 Å². The molecule has 0 amide bonds. The summed E-state index contributed by atoms with van der Waals surface area (Å²) < 4.78 is 5.10. The van der Waals surface area contributed by atoms with Crippen LogP contribution in [0.4, 0.5) is 5.69 Å². The van der Waals surface area contributed by atoms with E-state index in [-0.39, 0.29) is 0 Å². The van der Waals surface area contributed by atoms with Crippen molar-refractivity contribution in [2.24, 2.45) is 0 Å². The molecule has 0 aliphatic rings. The number of halogens is 1. The van der Waals surface area contributed by atoms with Gasteiger partial charge < -0.3 is 4.74 Å². The second-order valence-corrected chi connectivity index (χ2v) is 2.71. The molecule has 12 heavy (non-hydrogen) atoms. The quantitative estimate of drug-likeness (QED) is 0.732. The first-order valence-electron chi connectivity index (χ1n) is 3.84. The van der Waals surface area contributed by atoms with Crippen LogP contribution in [-0.2, 0) is 6.42 Å². The third-order valence-corrected chi connectivity index (χ3v) is 1.94. The fourth-order valence-electron chi connectivity index (χ4n) is 1.04. The average Bonchev–Trinajstić information content (AvgIpc) is 2.16. The van der Waals surface area contributed by atoms with Crippen LogP contribution in [0.15, 0.2) is 18.2 Å². The smallest absolute Gasteiger partial charge is 0.121 e. The Hall–Kier alpha value is -0.890. The lowest BCUT2D eigenvalue weighted by atomic mass is 10.1. The first kappa shape index (κ1) is 9.20. The van der Waals surface area contributed by atoms with E-state index in [1.165, 1.54) is 5.56 Å². The molecule has 0 aromatic heterocycles. The maximum atomic E-state index is 5.48. The Kier molecular flexibility index (Phi) is 3.23. The summed E-state index contributed by atoms with van der Waals surface area (Å²) in [6, 6.07) is 5.85. The number of hydrogen-bond donors (Lipinski definition) is 1. The highest BCUT2D eigenvalue weighted by Crippen LogP contribution is 2.21. The van der Waals surface area contributed by atoms with Gasteiger partial charge in [-0.1, -0.05) is 6.92 Å². The molecule has 0 aliphatic carbocycles. The lowest BCUT2D eigenvalue weighted by molar-refractivity contribution is 0.414. The Morgan fingerprint density at radius 3 is 2.67 bits per heavy atom. The molecular weight excluding hydrogens is 174 g/mol. The Morgan fingerprint density at radius 2 is 2.17 bits per heavy atom. The van der Waals surface area contributed by atoms with E-state index >= 15 is 0 Å². The van der Waals surface area contributed by atoms with E-state index in [2.05, 4.69) is 11.8 Å². The normalized spacial score (nSPS) is 9.58. The molecule has 1 N–H and O–H groups in total. The first-order chi connectivity index (χ1) is 5.80. The zero-order chi connectivity index (χ0) is 8.97. The van der Waals surface area contributed by atoms with Crippen molar-refractivity contribution in [3.05, 3.63) is 23.8 Å². The van der Waals surface area contributed by atoms with Gasteiger partial charge in [0.2, 0.25) is 0 Å². The topological polar surface area (TPSA) is 21.3 Å². The Labute approximate surface area is 77.6 Å². The predicted octanol–water partition coefficient (Wildman–Crippen LogP) is 2.82. The van der Waals surface area contributed by atoms with Gasteiger partial charge in [-0.15, -0.1) is 0 Å². The van der Waals surface area contributed by atoms with Crippen LogP contribution in [0.2, 0.25) is 0 Å². The zero-order valence-electron chi connectivity index (χ0n) is 7.23. The molecule has 0 spiro atoms. The second kappa shape index (κ2) is 4.21. The van der Waals surface area contributed by atoms with E-state index in [0.29, 0.717) is 0 Å². The van der Waals surface area contributed by atoms with Crippen LogP contribution in [-0.4, -0.2) is 7.11 Å². The van der Waals surface area contributed by atoms with Crippen LogP contribution in [0, 0.1) is 0 Å². The number of anilines is 1. The second-order valence-electron chi connectivity index (χ2n) is 2.52. The maximum Gasteiger partial charge on any atom is 0.121 e. The van der Waals surface area contributed by atoms with Gasteiger partial charge >= 0.3 is 0 Å². The molecule has 3 heteroatoms. The Bertz CT molecular complexity index is 207. The molecule has 66 valence electrons. The summed E-state index contributed by atoms with van der Waals surface area (Å²) in [4.78, 5) is 2.57. The van der Waals surface area contributed by atoms with E-state index < -0.39 is 0 Å². The van der Waals surface area contributed by atoms with Crippen LogP contribution in [0.25, 0.3) is 0 Å². The number of rotatable bonds is 3. The number of ether oxygens (including phenoxy) is 1. The molecule has 1 aromatic rings. The van der Waals surface area contributed by atoms with Gasteiger partial charge in [-0.3, -0.25) is 4.84 Å². The summed E-state index contributed by atoms with van der Waals surface area (Å²) in [7, 11) is 1.65. The molecule has 0 saturated carbocycles. The van der Waals surface area contributed by atoms with Gasteiger partial charge in [0.25, 0.3) is 0 Å². The summed E-state index contributed by atoms with van der Waals surface area (Å²) in [5.41, 5.74) is 2.07. The van der Waals surface area contributed by atoms with Crippen LogP contribution in [0.1, 0.15) is 12.5 Å². The van der Waals surface area contributed by atoms with Gasteiger partial charge in [0.1, 0.15) is 5.75 Å². The van der Waals surface area contributed by atoms with Crippen molar-refractivity contribution in [1.82, 2.24) is 0 Å². The molecule has 0 atom stereocenters. The van der Waals surface area contributed by atoms with Crippen LogP contribution in [0.5, 0.6) is 5.75 Å². The largest absolute Gasteiger partial charge is 0.497 e. The zero-order valence-corrected chi connectivity index (χ0v) is 7.98. The fourth-order valence-corrected chi connectivity index (χ4v) is 1.15. The summed E-state index contributed by atoms with van der Waals surface area (Å²) in [5.74, 6) is 0.831. The van der Waals surface area contributed by atoms with Crippen molar-refractivity contribution in [2.75, 3.05) is 11.9 Å². The highest BCUT2D eigenvalue weighted by Gasteiger charge is 1.98. The van der Waals surface area contributed by atoms with Gasteiger partial charge in [-0.25, -0.2) is 0 Å². The summed E-state index contributed by atoms with van der Waals surface area (Å²) >= 11 is 5.48. The Balaban J connectivity index is 3.01. The number of aryl methyl sites for hydroxylation is 1. The molecule has 0 heterocycles. The minimum absolute atomic E-state index is 0.831. The summed E-state index contributed by atoms with van der Waals surface area (Å²) in [5, 5.41) is 0. The molecule has 0 unspecified atom stereocenters. The van der Waals surface area contributed by atoms with E-state index in [1.54, 1.807) is 7.11 Å². The van der Waals surface area contributed by atoms with E-state index in [1.807, 2.05) is 18.2 Å². The third-order valence-electron chi connectivity index (χ3n) is 1.72. The molecule has 0 fully saturated rings. The molecule has 2 nitrogen and oxygen atoms in total. The van der Waals surface area contributed by atoms with Crippen LogP contribution >= 0.6 is 11.8 Å². The van der Waals surface area contributed by atoms with Crippen LogP contribution < -0.4 is 9.57 Å². The molecule has 0 aliphatic heterocycles. The van der Waals surface area contributed by atoms with E-state index in [4.69, 9.17) is 16.5 Å². The molecular formula is C9H12ClNO. The minimum Gasteiger partial charge on any atom is -0.497 e. The monoisotopic (exact) mass is 185 g/mol. The fraction of sp³-hybridized carbons (Fsp3) is 0.333. The van der Waals surface area contributed by atoms with Gasteiger partial charge in [0.05, 0.1) is 12.8 Å². The number of benzene rings is 1. The van der Waals surface area contributed by atoms with Gasteiger partial charge in [-0.05, 0) is 24.1 Å². The first-order valence-corrected chi connectivity index (χ1v) is 4.22. The Morgan fingerprint density at radius 1 is 1.42 bits per heavy atom. The number of hydrogen-bond acceptors (Lipinski definition) is 2. The maximum absolute atomic E-state index is 5.48. The van der Waals surface area contributed by atoms with Gasteiger partial charge in [0, 0.05) is 17.8 Å².